The molecule has 0 radical (unpaired) electrons. The maximum absolute atomic E-state index is 15.6. The number of hydrogen-bond donors (Lipinski definition) is 2. The number of carbonyl (C=O) groups excluding carboxylic acids is 2. The highest BCUT2D eigenvalue weighted by Gasteiger charge is 2.49. The smallest absolute Gasteiger partial charge is 0.447 e. The molecule has 1 fully saturated rings. The molecule has 2 aromatic rings. The average Bonchev–Trinajstić information content (AvgIpc) is 3.29. The molecule has 1 saturated heterocycles. The zero-order chi connectivity index (χ0) is 24.0. The van der Waals surface area contributed by atoms with Crippen LogP contribution in [0.2, 0.25) is 6.04 Å². The number of rotatable bonds is 9. The van der Waals surface area contributed by atoms with Crippen LogP contribution in [-0.2, 0) is 16.0 Å². The Morgan fingerprint density at radius 3 is 2.30 bits per heavy atom. The number of carboxylic acid groups (broad SMARTS) is 1. The maximum Gasteiger partial charge on any atom is 0.447 e. The number of nitrogens with zero attached hydrogens (tertiary/aromatic N) is 1. The third-order valence-corrected chi connectivity index (χ3v) is 8.48. The van der Waals surface area contributed by atoms with E-state index in [4.69, 9.17) is 0 Å². The van der Waals surface area contributed by atoms with E-state index in [1.54, 1.807) is 60.7 Å². The molecule has 9 heteroatoms. The number of nitrogens with one attached hydrogen (secondary N) is 1. The van der Waals surface area contributed by atoms with Crippen molar-refractivity contribution in [2.24, 2.45) is 5.92 Å². The molecule has 176 valence electrons. The summed E-state index contributed by atoms with van der Waals surface area (Å²) in [5, 5.41) is 11.8. The molecule has 3 atom stereocenters. The number of amides is 2. The Hall–Kier alpha value is -3.07. The highest BCUT2D eigenvalue weighted by Crippen LogP contribution is 2.29. The van der Waals surface area contributed by atoms with Crippen molar-refractivity contribution in [1.29, 1.82) is 0 Å². The minimum Gasteiger partial charge on any atom is -0.480 e. The van der Waals surface area contributed by atoms with E-state index < -0.39 is 50.2 Å². The molecule has 1 aliphatic rings. The normalized spacial score (nSPS) is 17.9. The number of hydrogen-bond acceptors (Lipinski definition) is 3. The lowest BCUT2D eigenvalue weighted by atomic mass is 10.1. The number of likely N-dealkylation sites (tertiary alicyclic amines) is 1. The topological polar surface area (TPSA) is 86.7 Å². The Labute approximate surface area is 193 Å². The van der Waals surface area contributed by atoms with Gasteiger partial charge in [-0.15, -0.1) is 0 Å². The Kier molecular flexibility index (Phi) is 7.96. The molecule has 0 saturated carbocycles. The second-order valence-electron chi connectivity index (χ2n) is 8.48. The summed E-state index contributed by atoms with van der Waals surface area (Å²) >= 11 is 0. The molecule has 0 spiro atoms. The van der Waals surface area contributed by atoms with Gasteiger partial charge in [-0.25, -0.2) is 4.79 Å². The fraction of sp³-hybridized carbons (Fsp3) is 0.375. The van der Waals surface area contributed by atoms with Gasteiger partial charge in [-0.1, -0.05) is 55.5 Å². The SMILES string of the molecule is C[C@H](C[Si](F)(F)[C@H](Cc1ccccc1)NC(=O)c1ccccc1)C(=O)N1CCC[C@H]1C(=O)O. The first-order chi connectivity index (χ1) is 15.7. The van der Waals surface area contributed by atoms with Crippen LogP contribution in [0.15, 0.2) is 60.7 Å². The maximum atomic E-state index is 15.6. The summed E-state index contributed by atoms with van der Waals surface area (Å²) in [5.41, 5.74) is -0.463. The molecular formula is C24H28F2N2O4Si. The quantitative estimate of drug-likeness (QED) is 0.429. The van der Waals surface area contributed by atoms with E-state index in [0.29, 0.717) is 18.4 Å². The summed E-state index contributed by atoms with van der Waals surface area (Å²) in [6.45, 7) is 1.67. The van der Waals surface area contributed by atoms with Crippen molar-refractivity contribution < 1.29 is 27.7 Å². The number of benzene rings is 2. The minimum atomic E-state index is -5.16. The van der Waals surface area contributed by atoms with Crippen molar-refractivity contribution in [2.45, 2.75) is 43.9 Å². The summed E-state index contributed by atoms with van der Waals surface area (Å²) in [4.78, 5) is 38.1. The molecule has 0 aromatic heterocycles. The molecule has 0 aliphatic carbocycles. The predicted octanol–water partition coefficient (Wildman–Crippen LogP) is 3.66. The van der Waals surface area contributed by atoms with E-state index in [0.717, 1.165) is 0 Å². The van der Waals surface area contributed by atoms with Crippen LogP contribution in [0.4, 0.5) is 8.22 Å². The monoisotopic (exact) mass is 474 g/mol. The van der Waals surface area contributed by atoms with Crippen LogP contribution in [0.5, 0.6) is 0 Å². The van der Waals surface area contributed by atoms with E-state index in [1.807, 2.05) is 0 Å². The van der Waals surface area contributed by atoms with Gasteiger partial charge in [0.25, 0.3) is 5.91 Å². The van der Waals surface area contributed by atoms with Crippen molar-refractivity contribution in [2.75, 3.05) is 6.54 Å². The molecule has 3 rings (SSSR count). The van der Waals surface area contributed by atoms with Gasteiger partial charge in [-0.3, -0.25) is 17.8 Å². The van der Waals surface area contributed by atoms with Crippen molar-refractivity contribution in [3.8, 4) is 0 Å². The molecule has 2 amide bonds. The minimum absolute atomic E-state index is 0.0546. The number of carbonyl (C=O) groups is 3. The fourth-order valence-electron chi connectivity index (χ4n) is 4.19. The highest BCUT2D eigenvalue weighted by atomic mass is 28.4. The van der Waals surface area contributed by atoms with Crippen LogP contribution in [-0.4, -0.2) is 54.8 Å². The second-order valence-corrected chi connectivity index (χ2v) is 11.1. The van der Waals surface area contributed by atoms with Crippen molar-refractivity contribution in [3.63, 3.8) is 0 Å². The first kappa shape index (κ1) is 24.6. The Morgan fingerprint density at radius 1 is 1.09 bits per heavy atom. The van der Waals surface area contributed by atoms with Gasteiger partial charge in [0.05, 0.1) is 5.67 Å². The molecule has 0 unspecified atom stereocenters. The number of halogens is 2. The van der Waals surface area contributed by atoms with Crippen molar-refractivity contribution in [1.82, 2.24) is 10.2 Å². The Morgan fingerprint density at radius 2 is 1.70 bits per heavy atom. The summed E-state index contributed by atoms with van der Waals surface area (Å²) < 4.78 is 31.3. The van der Waals surface area contributed by atoms with E-state index in [1.165, 1.54) is 11.8 Å². The average molecular weight is 475 g/mol. The molecule has 0 bridgehead atoms. The zero-order valence-corrected chi connectivity index (χ0v) is 19.4. The van der Waals surface area contributed by atoms with Crippen LogP contribution in [0.3, 0.4) is 0 Å². The van der Waals surface area contributed by atoms with E-state index in [2.05, 4.69) is 5.32 Å². The van der Waals surface area contributed by atoms with Crippen LogP contribution < -0.4 is 5.32 Å². The third-order valence-electron chi connectivity index (χ3n) is 5.95. The van der Waals surface area contributed by atoms with Gasteiger partial charge >= 0.3 is 14.7 Å². The summed E-state index contributed by atoms with van der Waals surface area (Å²) in [5.74, 6) is -3.32. The van der Waals surface area contributed by atoms with Gasteiger partial charge in [-0.05, 0) is 37.0 Å². The van der Waals surface area contributed by atoms with Crippen LogP contribution >= 0.6 is 0 Å². The lowest BCUT2D eigenvalue weighted by Gasteiger charge is -2.30. The molecule has 1 heterocycles. The van der Waals surface area contributed by atoms with E-state index in [9.17, 15) is 19.5 Å². The fourth-order valence-corrected chi connectivity index (χ4v) is 6.35. The largest absolute Gasteiger partial charge is 0.480 e. The van der Waals surface area contributed by atoms with Crippen LogP contribution in [0.25, 0.3) is 0 Å². The Balaban J connectivity index is 1.77. The summed E-state index contributed by atoms with van der Waals surface area (Å²) in [6.07, 6.45) is 0.805. The lowest BCUT2D eigenvalue weighted by Crippen LogP contribution is -2.54. The van der Waals surface area contributed by atoms with Gasteiger partial charge in [0.1, 0.15) is 6.04 Å². The van der Waals surface area contributed by atoms with Crippen molar-refractivity contribution >= 4 is 26.5 Å². The Bertz CT molecular complexity index is 975. The number of aliphatic carboxylic acids is 1. The van der Waals surface area contributed by atoms with E-state index >= 15 is 8.22 Å². The molecular weight excluding hydrogens is 446 g/mol. The van der Waals surface area contributed by atoms with Gasteiger partial charge in [0.15, 0.2) is 0 Å². The van der Waals surface area contributed by atoms with Crippen LogP contribution in [0.1, 0.15) is 35.7 Å². The molecule has 33 heavy (non-hydrogen) atoms. The highest BCUT2D eigenvalue weighted by molar-refractivity contribution is 6.68. The zero-order valence-electron chi connectivity index (χ0n) is 18.4. The second kappa shape index (κ2) is 10.7. The van der Waals surface area contributed by atoms with Gasteiger partial charge < -0.3 is 15.3 Å². The number of carboxylic acids is 1. The van der Waals surface area contributed by atoms with E-state index in [-0.39, 0.29) is 18.5 Å². The molecule has 2 N–H and O–H groups in total. The van der Waals surface area contributed by atoms with Crippen LogP contribution in [0, 0.1) is 5.92 Å². The lowest BCUT2D eigenvalue weighted by molar-refractivity contribution is -0.149. The summed E-state index contributed by atoms with van der Waals surface area (Å²) in [7, 11) is -5.16. The van der Waals surface area contributed by atoms with Gasteiger partial charge in [0.2, 0.25) is 5.91 Å². The predicted molar refractivity (Wildman–Crippen MR) is 122 cm³/mol. The standard InChI is InChI=1S/C24H28F2N2O4Si/c1-17(23(30)28-14-8-13-20(28)24(31)32)16-33(25,26)21(15-18-9-4-2-5-10-18)27-22(29)19-11-6-3-7-12-19/h2-7,9-12,17,20-21H,8,13-16H2,1H3,(H,27,29)(H,31,32)/t17-,20+,21-/m1/s1. The molecule has 2 aromatic carbocycles. The molecule has 6 nitrogen and oxygen atoms in total. The third kappa shape index (κ3) is 6.25. The summed E-state index contributed by atoms with van der Waals surface area (Å²) in [6, 6.07) is 15.3. The first-order valence-electron chi connectivity index (χ1n) is 11.0. The first-order valence-corrected chi connectivity index (χ1v) is 13.0. The van der Waals surface area contributed by atoms with Crippen molar-refractivity contribution in [3.05, 3.63) is 71.8 Å². The van der Waals surface area contributed by atoms with Gasteiger partial charge in [-0.2, -0.15) is 0 Å². The molecule has 1 aliphatic heterocycles. The van der Waals surface area contributed by atoms with Gasteiger partial charge in [0, 0.05) is 24.1 Å².